The van der Waals surface area contributed by atoms with E-state index in [1.54, 1.807) is 12.3 Å². The predicted octanol–water partition coefficient (Wildman–Crippen LogP) is 3.46. The van der Waals surface area contributed by atoms with Gasteiger partial charge in [0.05, 0.1) is 15.9 Å². The molecule has 2 heterocycles. The van der Waals surface area contributed by atoms with Gasteiger partial charge in [-0.3, -0.25) is 0 Å². The Labute approximate surface area is 123 Å². The van der Waals surface area contributed by atoms with Gasteiger partial charge in [-0.2, -0.15) is 0 Å². The Balaban J connectivity index is 2.34. The van der Waals surface area contributed by atoms with E-state index in [1.165, 1.54) is 22.7 Å². The number of anilines is 1. The molecule has 0 aliphatic rings. The van der Waals surface area contributed by atoms with Crippen molar-refractivity contribution in [2.75, 3.05) is 5.73 Å². The zero-order chi connectivity index (χ0) is 13.6. The third kappa shape index (κ3) is 2.01. The van der Waals surface area contributed by atoms with Gasteiger partial charge in [0.1, 0.15) is 5.56 Å². The largest absolute Gasteiger partial charge is 0.478 e. The van der Waals surface area contributed by atoms with Crippen LogP contribution in [0.2, 0.25) is 0 Å². The van der Waals surface area contributed by atoms with Crippen molar-refractivity contribution in [3.05, 3.63) is 27.7 Å². The Morgan fingerprint density at radius 2 is 2.21 bits per heavy atom. The molecule has 96 valence electrons. The number of fused-ring (bicyclic) bond motifs is 1. The summed E-state index contributed by atoms with van der Waals surface area (Å²) >= 11 is 6.13. The highest BCUT2D eigenvalue weighted by atomic mass is 79.9. The summed E-state index contributed by atoms with van der Waals surface area (Å²) < 4.78 is 1.33. The molecule has 0 amide bonds. The number of nitrogens with two attached hydrogens (primary N) is 1. The summed E-state index contributed by atoms with van der Waals surface area (Å²) in [7, 11) is 0. The SMILES string of the molecule is Nc1c(Br)cc2sc(-c3nccs3)nc2c1C(=O)O. The fraction of sp³-hybridized carbons (Fsp3) is 0. The summed E-state index contributed by atoms with van der Waals surface area (Å²) in [5, 5.41) is 12.6. The van der Waals surface area contributed by atoms with E-state index >= 15 is 0 Å². The number of carbonyl (C=O) groups is 1. The Morgan fingerprint density at radius 3 is 2.84 bits per heavy atom. The van der Waals surface area contributed by atoms with E-state index in [0.29, 0.717) is 15.0 Å². The van der Waals surface area contributed by atoms with Gasteiger partial charge in [-0.05, 0) is 22.0 Å². The molecule has 3 aromatic rings. The average Bonchev–Trinajstić information content (AvgIpc) is 2.97. The lowest BCUT2D eigenvalue weighted by Crippen LogP contribution is -2.04. The first kappa shape index (κ1) is 12.5. The first-order valence-corrected chi connectivity index (χ1v) is 7.58. The maximum Gasteiger partial charge on any atom is 0.340 e. The van der Waals surface area contributed by atoms with Gasteiger partial charge in [0.2, 0.25) is 0 Å². The first-order valence-electron chi connectivity index (χ1n) is 5.09. The Hall–Kier alpha value is -1.51. The second-order valence-electron chi connectivity index (χ2n) is 3.66. The zero-order valence-electron chi connectivity index (χ0n) is 9.25. The maximum absolute atomic E-state index is 11.3. The van der Waals surface area contributed by atoms with Crippen molar-refractivity contribution >= 4 is 60.5 Å². The number of nitrogen functional groups attached to an aromatic ring is 1. The number of thiazole rings is 2. The molecule has 19 heavy (non-hydrogen) atoms. The molecule has 3 N–H and O–H groups in total. The standard InChI is InChI=1S/C11H6BrN3O2S2/c12-4-3-5-8(6(7(4)13)11(16)17)15-10(19-5)9-14-1-2-18-9/h1-3H,13H2,(H,16,17). The van der Waals surface area contributed by atoms with E-state index in [9.17, 15) is 9.90 Å². The number of benzene rings is 1. The van der Waals surface area contributed by atoms with Crippen LogP contribution in [0.15, 0.2) is 22.1 Å². The normalized spacial score (nSPS) is 11.0. The fourth-order valence-corrected chi connectivity index (χ4v) is 3.96. The van der Waals surface area contributed by atoms with E-state index in [1.807, 2.05) is 5.38 Å². The van der Waals surface area contributed by atoms with E-state index in [2.05, 4.69) is 25.9 Å². The molecule has 8 heteroatoms. The second-order valence-corrected chi connectivity index (χ2v) is 6.43. The fourth-order valence-electron chi connectivity index (χ4n) is 1.69. The van der Waals surface area contributed by atoms with Crippen LogP contribution in [-0.2, 0) is 0 Å². The van der Waals surface area contributed by atoms with Gasteiger partial charge in [0, 0.05) is 16.0 Å². The van der Waals surface area contributed by atoms with Crippen LogP contribution in [-0.4, -0.2) is 21.0 Å². The molecule has 2 aromatic heterocycles. The molecular formula is C11H6BrN3O2S2. The number of aromatic carboxylic acids is 1. The third-order valence-corrected chi connectivity index (χ3v) is 5.08. The van der Waals surface area contributed by atoms with Gasteiger partial charge in [-0.25, -0.2) is 14.8 Å². The van der Waals surface area contributed by atoms with Crippen molar-refractivity contribution in [1.82, 2.24) is 9.97 Å². The molecule has 0 unspecified atom stereocenters. The van der Waals surface area contributed by atoms with Gasteiger partial charge >= 0.3 is 5.97 Å². The molecule has 0 fully saturated rings. The molecule has 0 aliphatic carbocycles. The average molecular weight is 356 g/mol. The van der Waals surface area contributed by atoms with Crippen LogP contribution >= 0.6 is 38.6 Å². The number of nitrogens with zero attached hydrogens (tertiary/aromatic N) is 2. The Morgan fingerprint density at radius 1 is 1.42 bits per heavy atom. The number of aromatic nitrogens is 2. The van der Waals surface area contributed by atoms with Crippen LogP contribution < -0.4 is 5.73 Å². The van der Waals surface area contributed by atoms with Gasteiger partial charge < -0.3 is 10.8 Å². The zero-order valence-corrected chi connectivity index (χ0v) is 12.5. The van der Waals surface area contributed by atoms with Gasteiger partial charge in [-0.1, -0.05) is 0 Å². The first-order chi connectivity index (χ1) is 9.08. The highest BCUT2D eigenvalue weighted by molar-refractivity contribution is 9.10. The molecule has 0 atom stereocenters. The lowest BCUT2D eigenvalue weighted by molar-refractivity contribution is 0.0700. The highest BCUT2D eigenvalue weighted by Crippen LogP contribution is 2.38. The van der Waals surface area contributed by atoms with E-state index < -0.39 is 5.97 Å². The summed E-state index contributed by atoms with van der Waals surface area (Å²) in [6.45, 7) is 0. The number of hydrogen-bond acceptors (Lipinski definition) is 6. The minimum atomic E-state index is -1.08. The quantitative estimate of drug-likeness (QED) is 0.687. The van der Waals surface area contributed by atoms with Crippen LogP contribution in [0, 0.1) is 0 Å². The monoisotopic (exact) mass is 355 g/mol. The van der Waals surface area contributed by atoms with Crippen LogP contribution in [0.5, 0.6) is 0 Å². The minimum Gasteiger partial charge on any atom is -0.478 e. The Kier molecular flexibility index (Phi) is 3.00. The molecule has 0 bridgehead atoms. The highest BCUT2D eigenvalue weighted by Gasteiger charge is 2.20. The van der Waals surface area contributed by atoms with Crippen LogP contribution in [0.1, 0.15) is 10.4 Å². The summed E-state index contributed by atoms with van der Waals surface area (Å²) in [5.41, 5.74) is 6.43. The third-order valence-electron chi connectivity index (χ3n) is 2.50. The van der Waals surface area contributed by atoms with Crippen LogP contribution in [0.4, 0.5) is 5.69 Å². The summed E-state index contributed by atoms with van der Waals surface area (Å²) in [5.74, 6) is -1.08. The van der Waals surface area contributed by atoms with Crippen molar-refractivity contribution in [2.24, 2.45) is 0 Å². The van der Waals surface area contributed by atoms with Crippen LogP contribution in [0.3, 0.4) is 0 Å². The smallest absolute Gasteiger partial charge is 0.340 e. The number of hydrogen-bond donors (Lipinski definition) is 2. The molecule has 0 saturated carbocycles. The molecule has 1 aromatic carbocycles. The van der Waals surface area contributed by atoms with Crippen molar-refractivity contribution in [3.63, 3.8) is 0 Å². The topological polar surface area (TPSA) is 89.1 Å². The summed E-state index contributed by atoms with van der Waals surface area (Å²) in [6.07, 6.45) is 1.69. The van der Waals surface area contributed by atoms with Crippen molar-refractivity contribution in [3.8, 4) is 10.0 Å². The lowest BCUT2D eigenvalue weighted by atomic mass is 10.1. The Bertz CT molecular complexity index is 783. The lowest BCUT2D eigenvalue weighted by Gasteiger charge is -2.03. The summed E-state index contributed by atoms with van der Waals surface area (Å²) in [6, 6.07) is 1.78. The minimum absolute atomic E-state index is 0.0310. The van der Waals surface area contributed by atoms with Gasteiger partial charge in [0.15, 0.2) is 10.0 Å². The number of halogens is 1. The van der Waals surface area contributed by atoms with Crippen molar-refractivity contribution < 1.29 is 9.90 Å². The molecule has 3 rings (SSSR count). The van der Waals surface area contributed by atoms with E-state index in [-0.39, 0.29) is 11.3 Å². The molecule has 0 radical (unpaired) electrons. The van der Waals surface area contributed by atoms with E-state index in [0.717, 1.165) is 9.71 Å². The van der Waals surface area contributed by atoms with Gasteiger partial charge in [0.25, 0.3) is 0 Å². The number of rotatable bonds is 2. The molecular weight excluding hydrogens is 350 g/mol. The van der Waals surface area contributed by atoms with Crippen molar-refractivity contribution in [2.45, 2.75) is 0 Å². The van der Waals surface area contributed by atoms with Gasteiger partial charge in [-0.15, -0.1) is 22.7 Å². The maximum atomic E-state index is 11.3. The summed E-state index contributed by atoms with van der Waals surface area (Å²) in [4.78, 5) is 19.9. The number of carboxylic acid groups (broad SMARTS) is 1. The second kappa shape index (κ2) is 4.55. The molecule has 0 saturated heterocycles. The molecule has 0 spiro atoms. The number of carboxylic acids is 1. The van der Waals surface area contributed by atoms with Crippen LogP contribution in [0.25, 0.3) is 20.2 Å². The molecule has 5 nitrogen and oxygen atoms in total. The van der Waals surface area contributed by atoms with E-state index in [4.69, 9.17) is 5.73 Å². The molecule has 0 aliphatic heterocycles. The predicted molar refractivity (Wildman–Crippen MR) is 79.8 cm³/mol. The van der Waals surface area contributed by atoms with Crippen molar-refractivity contribution in [1.29, 1.82) is 0 Å².